The number of benzene rings is 1. The van der Waals surface area contributed by atoms with Gasteiger partial charge in [0.05, 0.1) is 23.4 Å². The number of amides is 1. The number of methoxy groups -OCH3 is 1. The van der Waals surface area contributed by atoms with E-state index in [2.05, 4.69) is 16.7 Å². The van der Waals surface area contributed by atoms with E-state index < -0.39 is 0 Å². The third-order valence-electron chi connectivity index (χ3n) is 3.20. The van der Waals surface area contributed by atoms with Gasteiger partial charge in [0.1, 0.15) is 5.75 Å². The van der Waals surface area contributed by atoms with Crippen LogP contribution in [0.4, 0.5) is 5.69 Å². The van der Waals surface area contributed by atoms with E-state index in [1.54, 1.807) is 6.07 Å². The minimum Gasteiger partial charge on any atom is -0.496 e. The van der Waals surface area contributed by atoms with Crippen LogP contribution >= 0.6 is 11.6 Å². The first-order chi connectivity index (χ1) is 9.61. The fourth-order valence-corrected chi connectivity index (χ4v) is 2.20. The van der Waals surface area contributed by atoms with Crippen molar-refractivity contribution in [3.05, 3.63) is 34.4 Å². The van der Waals surface area contributed by atoms with Gasteiger partial charge in [0.25, 0.3) is 5.91 Å². The van der Waals surface area contributed by atoms with Crippen molar-refractivity contribution in [1.29, 1.82) is 0 Å². The van der Waals surface area contributed by atoms with E-state index in [1.807, 2.05) is 0 Å². The number of halogens is 1. The Bertz CT molecular complexity index is 543. The molecule has 1 aromatic carbocycles. The molecule has 1 aromatic rings. The molecule has 1 heterocycles. The van der Waals surface area contributed by atoms with E-state index in [-0.39, 0.29) is 5.91 Å². The van der Waals surface area contributed by atoms with E-state index in [4.69, 9.17) is 22.1 Å². The Morgan fingerprint density at radius 2 is 2.35 bits per heavy atom. The van der Waals surface area contributed by atoms with Crippen molar-refractivity contribution < 1.29 is 9.53 Å². The van der Waals surface area contributed by atoms with E-state index in [1.165, 1.54) is 18.7 Å². The van der Waals surface area contributed by atoms with Crippen molar-refractivity contribution in [3.8, 4) is 5.75 Å². The van der Waals surface area contributed by atoms with E-state index in [9.17, 15) is 4.79 Å². The molecule has 0 aliphatic carbocycles. The quantitative estimate of drug-likeness (QED) is 0.582. The average Bonchev–Trinajstić information content (AvgIpc) is 2.48. The molecule has 5 nitrogen and oxygen atoms in total. The SMILES string of the molecule is COc1cc(N)c(Cl)cc1C(=O)NCC1=CCNCC1. The highest BCUT2D eigenvalue weighted by atomic mass is 35.5. The summed E-state index contributed by atoms with van der Waals surface area (Å²) in [6.07, 6.45) is 3.04. The summed E-state index contributed by atoms with van der Waals surface area (Å²) in [4.78, 5) is 12.2. The maximum Gasteiger partial charge on any atom is 0.255 e. The minimum atomic E-state index is -0.219. The molecule has 0 atom stereocenters. The second kappa shape index (κ2) is 6.63. The van der Waals surface area contributed by atoms with Crippen LogP contribution in [0.3, 0.4) is 0 Å². The molecule has 6 heteroatoms. The number of rotatable bonds is 4. The summed E-state index contributed by atoms with van der Waals surface area (Å²) < 4.78 is 5.17. The molecule has 20 heavy (non-hydrogen) atoms. The molecular formula is C14H18ClN3O2. The number of nitrogens with two attached hydrogens (primary N) is 1. The fourth-order valence-electron chi connectivity index (χ4n) is 2.03. The standard InChI is InChI=1S/C14H18ClN3O2/c1-20-13-7-12(16)11(15)6-10(13)14(19)18-8-9-2-4-17-5-3-9/h2,6-7,17H,3-5,8,16H2,1H3,(H,18,19). The first-order valence-electron chi connectivity index (χ1n) is 6.41. The summed E-state index contributed by atoms with van der Waals surface area (Å²) in [6.45, 7) is 2.33. The largest absolute Gasteiger partial charge is 0.496 e. The highest BCUT2D eigenvalue weighted by Gasteiger charge is 2.15. The highest BCUT2D eigenvalue weighted by molar-refractivity contribution is 6.33. The summed E-state index contributed by atoms with van der Waals surface area (Å²) in [5.74, 6) is 0.201. The maximum absolute atomic E-state index is 12.2. The predicted octanol–water partition coefficient (Wildman–Crippen LogP) is 1.58. The zero-order valence-electron chi connectivity index (χ0n) is 11.3. The monoisotopic (exact) mass is 295 g/mol. The molecule has 0 radical (unpaired) electrons. The van der Waals surface area contributed by atoms with Crippen LogP contribution in [0, 0.1) is 0 Å². The molecule has 108 valence electrons. The number of hydrogen-bond donors (Lipinski definition) is 3. The molecule has 0 unspecified atom stereocenters. The lowest BCUT2D eigenvalue weighted by Crippen LogP contribution is -2.29. The van der Waals surface area contributed by atoms with Crippen molar-refractivity contribution in [2.75, 3.05) is 32.5 Å². The number of anilines is 1. The van der Waals surface area contributed by atoms with Gasteiger partial charge in [-0.1, -0.05) is 23.3 Å². The van der Waals surface area contributed by atoms with Crippen molar-refractivity contribution in [3.63, 3.8) is 0 Å². The third-order valence-corrected chi connectivity index (χ3v) is 3.52. The van der Waals surface area contributed by atoms with Gasteiger partial charge in [-0.25, -0.2) is 0 Å². The molecule has 4 N–H and O–H groups in total. The summed E-state index contributed by atoms with van der Waals surface area (Å²) in [5.41, 5.74) is 7.70. The van der Waals surface area contributed by atoms with Gasteiger partial charge in [-0.3, -0.25) is 4.79 Å². The second-order valence-corrected chi connectivity index (χ2v) is 4.98. The number of nitrogens with one attached hydrogen (secondary N) is 2. The number of carbonyl (C=O) groups is 1. The summed E-state index contributed by atoms with van der Waals surface area (Å²) >= 11 is 5.96. The van der Waals surface area contributed by atoms with Gasteiger partial charge >= 0.3 is 0 Å². The Morgan fingerprint density at radius 3 is 3.00 bits per heavy atom. The molecule has 0 bridgehead atoms. The molecule has 0 fully saturated rings. The molecular weight excluding hydrogens is 278 g/mol. The lowest BCUT2D eigenvalue weighted by atomic mass is 10.1. The summed E-state index contributed by atoms with van der Waals surface area (Å²) in [6, 6.07) is 3.09. The lowest BCUT2D eigenvalue weighted by molar-refractivity contribution is 0.0953. The second-order valence-electron chi connectivity index (χ2n) is 4.57. The molecule has 1 aliphatic rings. The number of nitrogen functional groups attached to an aromatic ring is 1. The van der Waals surface area contributed by atoms with Gasteiger partial charge < -0.3 is 21.1 Å². The number of hydrogen-bond acceptors (Lipinski definition) is 4. The van der Waals surface area contributed by atoms with Gasteiger partial charge in [0.15, 0.2) is 0 Å². The maximum atomic E-state index is 12.2. The summed E-state index contributed by atoms with van der Waals surface area (Å²) in [5, 5.41) is 6.45. The van der Waals surface area contributed by atoms with E-state index in [0.29, 0.717) is 28.6 Å². The zero-order chi connectivity index (χ0) is 14.5. The van der Waals surface area contributed by atoms with Crippen molar-refractivity contribution in [1.82, 2.24) is 10.6 Å². The van der Waals surface area contributed by atoms with Crippen LogP contribution < -0.4 is 21.1 Å². The Hall–Kier alpha value is -1.72. The van der Waals surface area contributed by atoms with Crippen molar-refractivity contribution >= 4 is 23.2 Å². The van der Waals surface area contributed by atoms with Crippen LogP contribution in [-0.4, -0.2) is 32.7 Å². The molecule has 0 aromatic heterocycles. The van der Waals surface area contributed by atoms with Crippen LogP contribution in [0.2, 0.25) is 5.02 Å². The smallest absolute Gasteiger partial charge is 0.255 e. The van der Waals surface area contributed by atoms with Gasteiger partial charge in [-0.2, -0.15) is 0 Å². The van der Waals surface area contributed by atoms with Crippen LogP contribution in [0.5, 0.6) is 5.75 Å². The predicted molar refractivity (Wildman–Crippen MR) is 80.3 cm³/mol. The molecule has 0 saturated carbocycles. The average molecular weight is 296 g/mol. The minimum absolute atomic E-state index is 0.219. The van der Waals surface area contributed by atoms with E-state index >= 15 is 0 Å². The van der Waals surface area contributed by atoms with Gasteiger partial charge in [-0.05, 0) is 19.0 Å². The molecule has 2 rings (SSSR count). The highest BCUT2D eigenvalue weighted by Crippen LogP contribution is 2.28. The van der Waals surface area contributed by atoms with Crippen LogP contribution in [0.15, 0.2) is 23.8 Å². The van der Waals surface area contributed by atoms with Crippen molar-refractivity contribution in [2.24, 2.45) is 0 Å². The molecule has 1 amide bonds. The fraction of sp³-hybridized carbons (Fsp3) is 0.357. The lowest BCUT2D eigenvalue weighted by Gasteiger charge is -2.15. The van der Waals surface area contributed by atoms with Crippen LogP contribution in [-0.2, 0) is 0 Å². The first-order valence-corrected chi connectivity index (χ1v) is 6.79. The van der Waals surface area contributed by atoms with Crippen LogP contribution in [0.25, 0.3) is 0 Å². The molecule has 1 aliphatic heterocycles. The van der Waals surface area contributed by atoms with E-state index in [0.717, 1.165) is 19.5 Å². The van der Waals surface area contributed by atoms with Gasteiger partial charge in [0, 0.05) is 19.2 Å². The first kappa shape index (κ1) is 14.7. The summed E-state index contributed by atoms with van der Waals surface area (Å²) in [7, 11) is 1.49. The Morgan fingerprint density at radius 1 is 1.55 bits per heavy atom. The van der Waals surface area contributed by atoms with Crippen LogP contribution in [0.1, 0.15) is 16.8 Å². The number of carbonyl (C=O) groups excluding carboxylic acids is 1. The Kier molecular flexibility index (Phi) is 4.87. The third kappa shape index (κ3) is 3.43. The Balaban J connectivity index is 2.08. The van der Waals surface area contributed by atoms with Gasteiger partial charge in [0.2, 0.25) is 0 Å². The zero-order valence-corrected chi connectivity index (χ0v) is 12.1. The number of ether oxygens (including phenoxy) is 1. The molecule has 0 spiro atoms. The normalized spacial score (nSPS) is 14.6. The van der Waals surface area contributed by atoms with Gasteiger partial charge in [-0.15, -0.1) is 0 Å². The van der Waals surface area contributed by atoms with Crippen molar-refractivity contribution in [2.45, 2.75) is 6.42 Å². The topological polar surface area (TPSA) is 76.4 Å². The molecule has 0 saturated heterocycles. The Labute approximate surface area is 123 Å².